The number of carbonyl (C=O) groups excluding carboxylic acids is 1. The van der Waals surface area contributed by atoms with Crippen LogP contribution in [0.5, 0.6) is 0 Å². The van der Waals surface area contributed by atoms with E-state index in [1.54, 1.807) is 0 Å². The van der Waals surface area contributed by atoms with Crippen molar-refractivity contribution in [1.29, 1.82) is 0 Å². The van der Waals surface area contributed by atoms with Crippen LogP contribution in [0, 0.1) is 11.3 Å². The monoisotopic (exact) mass is 288 g/mol. The molecule has 3 nitrogen and oxygen atoms in total. The molecule has 1 N–H and O–H groups in total. The standard InChI is InChI=1S/C18H28N2O/c1-5-19-16-8-6-14(7-9-16)17(21)20-12-10-15(11-13-20)18(2,3)4/h6-9,15,19H,5,10-13H2,1-4H3. The number of hydrogen-bond acceptors (Lipinski definition) is 2. The van der Waals surface area contributed by atoms with Gasteiger partial charge in [-0.05, 0) is 55.4 Å². The number of nitrogens with zero attached hydrogens (tertiary/aromatic N) is 1. The van der Waals surface area contributed by atoms with Crippen molar-refractivity contribution in [3.05, 3.63) is 29.8 Å². The molecule has 21 heavy (non-hydrogen) atoms. The van der Waals surface area contributed by atoms with E-state index in [9.17, 15) is 4.79 Å². The Morgan fingerprint density at radius 3 is 2.24 bits per heavy atom. The summed E-state index contributed by atoms with van der Waals surface area (Å²) in [5.41, 5.74) is 2.22. The summed E-state index contributed by atoms with van der Waals surface area (Å²) in [7, 11) is 0. The Morgan fingerprint density at radius 1 is 1.19 bits per heavy atom. The Balaban J connectivity index is 1.95. The second-order valence-corrected chi connectivity index (χ2v) is 7.04. The molecule has 1 aliphatic heterocycles. The first-order valence-corrected chi connectivity index (χ1v) is 8.05. The summed E-state index contributed by atoms with van der Waals surface area (Å²) in [5, 5.41) is 3.25. The van der Waals surface area contributed by atoms with Crippen LogP contribution >= 0.6 is 0 Å². The van der Waals surface area contributed by atoms with Crippen LogP contribution in [0.25, 0.3) is 0 Å². The molecule has 1 aromatic rings. The normalized spacial score (nSPS) is 16.9. The van der Waals surface area contributed by atoms with Crippen molar-refractivity contribution in [2.45, 2.75) is 40.5 Å². The lowest BCUT2D eigenvalue weighted by Gasteiger charge is -2.38. The third-order valence-corrected chi connectivity index (χ3v) is 4.52. The molecule has 1 aromatic carbocycles. The average molecular weight is 288 g/mol. The van der Waals surface area contributed by atoms with Gasteiger partial charge in [-0.25, -0.2) is 0 Å². The fourth-order valence-corrected chi connectivity index (χ4v) is 3.07. The fraction of sp³-hybridized carbons (Fsp3) is 0.611. The summed E-state index contributed by atoms with van der Waals surface area (Å²) >= 11 is 0. The maximum atomic E-state index is 12.5. The molecule has 1 fully saturated rings. The average Bonchev–Trinajstić information content (AvgIpc) is 2.47. The second kappa shape index (κ2) is 6.50. The van der Waals surface area contributed by atoms with Crippen LogP contribution in [0.2, 0.25) is 0 Å². The highest BCUT2D eigenvalue weighted by atomic mass is 16.2. The second-order valence-electron chi connectivity index (χ2n) is 7.04. The quantitative estimate of drug-likeness (QED) is 0.911. The number of likely N-dealkylation sites (tertiary alicyclic amines) is 1. The molecule has 0 aromatic heterocycles. The van der Waals surface area contributed by atoms with Crippen molar-refractivity contribution < 1.29 is 4.79 Å². The van der Waals surface area contributed by atoms with E-state index in [0.29, 0.717) is 5.41 Å². The summed E-state index contributed by atoms with van der Waals surface area (Å²) in [6, 6.07) is 7.82. The molecule has 0 bridgehead atoms. The largest absolute Gasteiger partial charge is 0.385 e. The Bertz CT molecular complexity index is 465. The first-order valence-electron chi connectivity index (χ1n) is 8.05. The number of nitrogens with one attached hydrogen (secondary N) is 1. The number of hydrogen-bond donors (Lipinski definition) is 1. The highest BCUT2D eigenvalue weighted by molar-refractivity contribution is 5.94. The summed E-state index contributed by atoms with van der Waals surface area (Å²) in [6.07, 6.45) is 2.23. The molecule has 1 amide bonds. The lowest BCUT2D eigenvalue weighted by Crippen LogP contribution is -2.41. The molecule has 0 saturated carbocycles. The van der Waals surface area contributed by atoms with Gasteiger partial charge in [0, 0.05) is 30.9 Å². The van der Waals surface area contributed by atoms with Gasteiger partial charge in [-0.3, -0.25) is 4.79 Å². The number of anilines is 1. The van der Waals surface area contributed by atoms with Gasteiger partial charge < -0.3 is 10.2 Å². The van der Waals surface area contributed by atoms with Crippen molar-refractivity contribution in [1.82, 2.24) is 4.90 Å². The molecule has 0 unspecified atom stereocenters. The smallest absolute Gasteiger partial charge is 0.253 e. The van der Waals surface area contributed by atoms with Crippen LogP contribution < -0.4 is 5.32 Å². The van der Waals surface area contributed by atoms with E-state index in [4.69, 9.17) is 0 Å². The van der Waals surface area contributed by atoms with Gasteiger partial charge in [0.25, 0.3) is 5.91 Å². The number of amides is 1. The summed E-state index contributed by atoms with van der Waals surface area (Å²) in [4.78, 5) is 14.5. The van der Waals surface area contributed by atoms with Gasteiger partial charge in [-0.15, -0.1) is 0 Å². The lowest BCUT2D eigenvalue weighted by atomic mass is 9.75. The van der Waals surface area contributed by atoms with E-state index in [2.05, 4.69) is 33.0 Å². The van der Waals surface area contributed by atoms with Crippen molar-refractivity contribution in [3.63, 3.8) is 0 Å². The zero-order valence-corrected chi connectivity index (χ0v) is 13.8. The Morgan fingerprint density at radius 2 is 1.76 bits per heavy atom. The van der Waals surface area contributed by atoms with Gasteiger partial charge in [-0.2, -0.15) is 0 Å². The van der Waals surface area contributed by atoms with Crippen LogP contribution in [0.15, 0.2) is 24.3 Å². The molecular weight excluding hydrogens is 260 g/mol. The van der Waals surface area contributed by atoms with Gasteiger partial charge in [-0.1, -0.05) is 20.8 Å². The molecule has 1 saturated heterocycles. The molecule has 1 aliphatic rings. The third kappa shape index (κ3) is 3.99. The van der Waals surface area contributed by atoms with E-state index < -0.39 is 0 Å². The van der Waals surface area contributed by atoms with Gasteiger partial charge in [0.15, 0.2) is 0 Å². The van der Waals surface area contributed by atoms with E-state index in [-0.39, 0.29) is 5.91 Å². The van der Waals surface area contributed by atoms with Crippen LogP contribution in [-0.2, 0) is 0 Å². The predicted molar refractivity (Wildman–Crippen MR) is 88.7 cm³/mol. The minimum absolute atomic E-state index is 0.172. The van der Waals surface area contributed by atoms with E-state index in [1.165, 1.54) is 0 Å². The Labute approximate surface area is 128 Å². The molecule has 0 atom stereocenters. The number of benzene rings is 1. The highest BCUT2D eigenvalue weighted by Gasteiger charge is 2.30. The topological polar surface area (TPSA) is 32.3 Å². The number of piperidine rings is 1. The molecule has 3 heteroatoms. The first kappa shape index (κ1) is 15.9. The minimum atomic E-state index is 0.172. The Kier molecular flexibility index (Phi) is 4.92. The molecule has 1 heterocycles. The van der Waals surface area contributed by atoms with E-state index in [1.807, 2.05) is 29.2 Å². The van der Waals surface area contributed by atoms with Crippen molar-refractivity contribution in [2.24, 2.45) is 11.3 Å². The molecule has 0 spiro atoms. The van der Waals surface area contributed by atoms with Crippen molar-refractivity contribution in [2.75, 3.05) is 25.0 Å². The summed E-state index contributed by atoms with van der Waals surface area (Å²) in [5.74, 6) is 0.892. The summed E-state index contributed by atoms with van der Waals surface area (Å²) < 4.78 is 0. The zero-order chi connectivity index (χ0) is 15.5. The molecule has 0 radical (unpaired) electrons. The molecule has 0 aliphatic carbocycles. The first-order chi connectivity index (χ1) is 9.91. The van der Waals surface area contributed by atoms with Crippen molar-refractivity contribution >= 4 is 11.6 Å². The highest BCUT2D eigenvalue weighted by Crippen LogP contribution is 2.34. The maximum Gasteiger partial charge on any atom is 0.253 e. The van der Waals surface area contributed by atoms with Crippen molar-refractivity contribution in [3.8, 4) is 0 Å². The maximum absolute atomic E-state index is 12.5. The number of rotatable bonds is 3. The van der Waals surface area contributed by atoms with Crippen LogP contribution in [0.1, 0.15) is 50.9 Å². The molecule has 116 valence electrons. The SMILES string of the molecule is CCNc1ccc(C(=O)N2CCC(C(C)(C)C)CC2)cc1. The Hall–Kier alpha value is -1.51. The van der Waals surface area contributed by atoms with E-state index in [0.717, 1.165) is 49.6 Å². The third-order valence-electron chi connectivity index (χ3n) is 4.52. The van der Waals surface area contributed by atoms with E-state index >= 15 is 0 Å². The molecule has 2 rings (SSSR count). The summed E-state index contributed by atoms with van der Waals surface area (Å²) in [6.45, 7) is 11.6. The van der Waals surface area contributed by atoms with Crippen LogP contribution in [0.4, 0.5) is 5.69 Å². The minimum Gasteiger partial charge on any atom is -0.385 e. The predicted octanol–water partition coefficient (Wildman–Crippen LogP) is 4.02. The van der Waals surface area contributed by atoms with Crippen LogP contribution in [0.3, 0.4) is 0 Å². The molecular formula is C18H28N2O. The van der Waals surface area contributed by atoms with Crippen LogP contribution in [-0.4, -0.2) is 30.4 Å². The van der Waals surface area contributed by atoms with Gasteiger partial charge in [0.05, 0.1) is 0 Å². The van der Waals surface area contributed by atoms with Gasteiger partial charge in [0.1, 0.15) is 0 Å². The fourth-order valence-electron chi connectivity index (χ4n) is 3.07. The van der Waals surface area contributed by atoms with Gasteiger partial charge in [0.2, 0.25) is 0 Å². The number of carbonyl (C=O) groups is 1. The zero-order valence-electron chi connectivity index (χ0n) is 13.8. The lowest BCUT2D eigenvalue weighted by molar-refractivity contribution is 0.0609. The van der Waals surface area contributed by atoms with Gasteiger partial charge >= 0.3 is 0 Å².